The number of aromatic nitrogens is 2. The first-order valence-electron chi connectivity index (χ1n) is 7.06. The first-order chi connectivity index (χ1) is 8.79. The number of piperidine rings is 1. The van der Waals surface area contributed by atoms with E-state index in [4.69, 9.17) is 0 Å². The number of nitrogens with zero attached hydrogens (tertiary/aromatic N) is 3. The summed E-state index contributed by atoms with van der Waals surface area (Å²) in [6, 6.07) is 3.54. The molecule has 0 bridgehead atoms. The Kier molecular flexibility index (Phi) is 3.57. The van der Waals surface area contributed by atoms with Gasteiger partial charge in [-0.15, -0.1) is 0 Å². The Balaban J connectivity index is 1.55. The maximum atomic E-state index is 4.49. The molecule has 0 spiro atoms. The van der Waals surface area contributed by atoms with Crippen LogP contribution in [0.4, 0.5) is 0 Å². The minimum atomic E-state index is 0.689. The lowest BCUT2D eigenvalue weighted by Gasteiger charge is -2.33. The van der Waals surface area contributed by atoms with E-state index in [0.29, 0.717) is 6.04 Å². The number of rotatable bonds is 4. The van der Waals surface area contributed by atoms with E-state index >= 15 is 0 Å². The summed E-state index contributed by atoms with van der Waals surface area (Å²) in [6.07, 6.45) is 7.25. The van der Waals surface area contributed by atoms with Crippen molar-refractivity contribution in [3.63, 3.8) is 0 Å². The van der Waals surface area contributed by atoms with Crippen LogP contribution in [-0.2, 0) is 6.54 Å². The molecule has 18 heavy (non-hydrogen) atoms. The van der Waals surface area contributed by atoms with E-state index in [1.165, 1.54) is 38.8 Å². The molecule has 0 amide bonds. The van der Waals surface area contributed by atoms with Gasteiger partial charge in [-0.1, -0.05) is 0 Å². The predicted molar refractivity (Wildman–Crippen MR) is 71.2 cm³/mol. The molecular weight excluding hydrogens is 224 g/mol. The Hall–Kier alpha value is -1.00. The second-order valence-electron chi connectivity index (χ2n) is 5.61. The fraction of sp³-hybridized carbons (Fsp3) is 0.714. The fourth-order valence-corrected chi connectivity index (χ4v) is 2.74. The molecule has 1 aliphatic heterocycles. The summed E-state index contributed by atoms with van der Waals surface area (Å²) in [7, 11) is 0. The van der Waals surface area contributed by atoms with E-state index in [1.54, 1.807) is 0 Å². The summed E-state index contributed by atoms with van der Waals surface area (Å²) >= 11 is 0. The second-order valence-corrected chi connectivity index (χ2v) is 5.61. The van der Waals surface area contributed by atoms with Crippen LogP contribution in [0.5, 0.6) is 0 Å². The van der Waals surface area contributed by atoms with Gasteiger partial charge in [-0.05, 0) is 45.2 Å². The largest absolute Gasteiger partial charge is 0.310 e. The van der Waals surface area contributed by atoms with Crippen molar-refractivity contribution in [3.05, 3.63) is 23.8 Å². The van der Waals surface area contributed by atoms with Crippen molar-refractivity contribution < 1.29 is 0 Å². The molecular formula is C14H22N4. The maximum Gasteiger partial charge on any atom is 0.125 e. The van der Waals surface area contributed by atoms with Gasteiger partial charge in [0.05, 0.1) is 5.69 Å². The van der Waals surface area contributed by atoms with Gasteiger partial charge in [0.25, 0.3) is 0 Å². The maximum absolute atomic E-state index is 4.49. The van der Waals surface area contributed by atoms with Crippen LogP contribution in [0.1, 0.15) is 37.2 Å². The van der Waals surface area contributed by atoms with E-state index in [1.807, 2.05) is 19.2 Å². The smallest absolute Gasteiger partial charge is 0.125 e. The molecule has 1 atom stereocenters. The summed E-state index contributed by atoms with van der Waals surface area (Å²) in [5, 5.41) is 3.75. The fourth-order valence-electron chi connectivity index (χ4n) is 2.74. The third-order valence-corrected chi connectivity index (χ3v) is 3.77. The van der Waals surface area contributed by atoms with Crippen LogP contribution >= 0.6 is 0 Å². The zero-order valence-corrected chi connectivity index (χ0v) is 11.1. The molecule has 98 valence electrons. The molecule has 3 rings (SSSR count). The van der Waals surface area contributed by atoms with E-state index in [0.717, 1.165) is 24.1 Å². The molecule has 1 aromatic rings. The Morgan fingerprint density at radius 1 is 1.33 bits per heavy atom. The first-order valence-corrected chi connectivity index (χ1v) is 7.06. The van der Waals surface area contributed by atoms with Crippen molar-refractivity contribution in [1.82, 2.24) is 20.2 Å². The molecule has 4 heteroatoms. The van der Waals surface area contributed by atoms with Gasteiger partial charge in [0.2, 0.25) is 0 Å². The minimum absolute atomic E-state index is 0.689. The number of hydrogen-bond donors (Lipinski definition) is 1. The number of nitrogens with one attached hydrogen (secondary N) is 1. The molecule has 1 saturated heterocycles. The van der Waals surface area contributed by atoms with Crippen molar-refractivity contribution >= 4 is 0 Å². The van der Waals surface area contributed by atoms with Crippen molar-refractivity contribution in [1.29, 1.82) is 0 Å². The number of aryl methyl sites for hydroxylation is 1. The van der Waals surface area contributed by atoms with Crippen LogP contribution in [0.3, 0.4) is 0 Å². The van der Waals surface area contributed by atoms with Crippen molar-refractivity contribution in [2.24, 2.45) is 0 Å². The Morgan fingerprint density at radius 3 is 3.00 bits per heavy atom. The lowest BCUT2D eigenvalue weighted by Crippen LogP contribution is -2.46. The molecule has 1 aliphatic carbocycles. The first kappa shape index (κ1) is 12.1. The number of hydrogen-bond acceptors (Lipinski definition) is 4. The lowest BCUT2D eigenvalue weighted by molar-refractivity contribution is 0.180. The quantitative estimate of drug-likeness (QED) is 0.874. The highest BCUT2D eigenvalue weighted by Crippen LogP contribution is 2.22. The van der Waals surface area contributed by atoms with Gasteiger partial charge < -0.3 is 5.32 Å². The monoisotopic (exact) mass is 246 g/mol. The summed E-state index contributed by atoms with van der Waals surface area (Å²) in [4.78, 5) is 11.2. The summed E-state index contributed by atoms with van der Waals surface area (Å²) in [6.45, 7) is 5.29. The van der Waals surface area contributed by atoms with Crippen molar-refractivity contribution in [2.75, 3.05) is 13.1 Å². The van der Waals surface area contributed by atoms with Gasteiger partial charge in [-0.25, -0.2) is 9.97 Å². The van der Waals surface area contributed by atoms with Crippen molar-refractivity contribution in [2.45, 2.75) is 51.2 Å². The Labute approximate surface area is 109 Å². The van der Waals surface area contributed by atoms with E-state index < -0.39 is 0 Å². The molecule has 4 nitrogen and oxygen atoms in total. The molecule has 1 unspecified atom stereocenters. The molecule has 1 aromatic heterocycles. The molecule has 0 aromatic carbocycles. The van der Waals surface area contributed by atoms with E-state index in [9.17, 15) is 0 Å². The third-order valence-electron chi connectivity index (χ3n) is 3.77. The predicted octanol–water partition coefficient (Wildman–Crippen LogP) is 1.50. The molecule has 2 fully saturated rings. The van der Waals surface area contributed by atoms with Crippen LogP contribution in [0.25, 0.3) is 0 Å². The SMILES string of the molecule is Cc1nccc(CN2CCCC(NC3CC3)C2)n1. The topological polar surface area (TPSA) is 41.1 Å². The minimum Gasteiger partial charge on any atom is -0.310 e. The van der Waals surface area contributed by atoms with Gasteiger partial charge in [-0.2, -0.15) is 0 Å². The van der Waals surface area contributed by atoms with Gasteiger partial charge in [0, 0.05) is 31.4 Å². The molecule has 0 radical (unpaired) electrons. The second kappa shape index (κ2) is 5.33. The summed E-state index contributed by atoms with van der Waals surface area (Å²) in [5.41, 5.74) is 1.15. The van der Waals surface area contributed by atoms with Crippen LogP contribution in [-0.4, -0.2) is 40.0 Å². The molecule has 1 saturated carbocycles. The average molecular weight is 246 g/mol. The van der Waals surface area contributed by atoms with Gasteiger partial charge in [0.15, 0.2) is 0 Å². The van der Waals surface area contributed by atoms with Crippen LogP contribution in [0, 0.1) is 6.92 Å². The van der Waals surface area contributed by atoms with Gasteiger partial charge in [0.1, 0.15) is 5.82 Å². The summed E-state index contributed by atoms with van der Waals surface area (Å²) in [5.74, 6) is 0.872. The standard InChI is InChI=1S/C14H22N4/c1-11-15-7-6-14(16-11)10-18-8-2-3-13(9-18)17-12-4-5-12/h6-7,12-13,17H,2-5,8-10H2,1H3. The zero-order chi connectivity index (χ0) is 12.4. The van der Waals surface area contributed by atoms with E-state index in [-0.39, 0.29) is 0 Å². The van der Waals surface area contributed by atoms with Crippen LogP contribution < -0.4 is 5.32 Å². The van der Waals surface area contributed by atoms with Gasteiger partial charge in [-0.3, -0.25) is 4.90 Å². The van der Waals surface area contributed by atoms with Crippen molar-refractivity contribution in [3.8, 4) is 0 Å². The summed E-state index contributed by atoms with van der Waals surface area (Å²) < 4.78 is 0. The van der Waals surface area contributed by atoms with Gasteiger partial charge >= 0.3 is 0 Å². The highest BCUT2D eigenvalue weighted by Gasteiger charge is 2.27. The highest BCUT2D eigenvalue weighted by molar-refractivity contribution is 5.02. The third kappa shape index (κ3) is 3.27. The van der Waals surface area contributed by atoms with Crippen LogP contribution in [0.2, 0.25) is 0 Å². The molecule has 2 heterocycles. The lowest BCUT2D eigenvalue weighted by atomic mass is 10.1. The Morgan fingerprint density at radius 2 is 2.22 bits per heavy atom. The highest BCUT2D eigenvalue weighted by atomic mass is 15.2. The normalized spacial score (nSPS) is 25.3. The molecule has 2 aliphatic rings. The molecule has 1 N–H and O–H groups in total. The van der Waals surface area contributed by atoms with E-state index in [2.05, 4.69) is 20.2 Å². The Bertz CT molecular complexity index is 403. The zero-order valence-electron chi connectivity index (χ0n) is 11.1. The number of likely N-dealkylation sites (tertiary alicyclic amines) is 1. The average Bonchev–Trinajstić information content (AvgIpc) is 3.13. The van der Waals surface area contributed by atoms with Crippen LogP contribution in [0.15, 0.2) is 12.3 Å².